The zero-order chi connectivity index (χ0) is 12.1. The van der Waals surface area contributed by atoms with Crippen molar-refractivity contribution in [2.24, 2.45) is 0 Å². The van der Waals surface area contributed by atoms with E-state index in [0.29, 0.717) is 6.29 Å². The van der Waals surface area contributed by atoms with Crippen molar-refractivity contribution in [1.82, 2.24) is 0 Å². The molecule has 0 fully saturated rings. The van der Waals surface area contributed by atoms with Crippen LogP contribution in [0.15, 0.2) is 0 Å². The smallest absolute Gasteiger partial charge is 0.303 e. The lowest BCUT2D eigenvalue weighted by Gasteiger charge is -2.30. The molecule has 0 heterocycles. The molecule has 0 aromatic rings. The van der Waals surface area contributed by atoms with Gasteiger partial charge in [-0.25, -0.2) is 0 Å². The summed E-state index contributed by atoms with van der Waals surface area (Å²) in [6.07, 6.45) is -1.62. The summed E-state index contributed by atoms with van der Waals surface area (Å²) < 4.78 is 4.56. The van der Waals surface area contributed by atoms with Gasteiger partial charge in [-0.2, -0.15) is 0 Å². The first-order chi connectivity index (χ1) is 6.88. The number of carbonyl (C=O) groups is 3. The monoisotopic (exact) mass is 218 g/mol. The van der Waals surface area contributed by atoms with Gasteiger partial charge in [-0.15, -0.1) is 0 Å². The molecule has 0 amide bonds. The molecular weight excluding hydrogens is 204 g/mol. The SMILES string of the molecule is CC(=O)O[C@H](CO)[C@@](O)(CC=O)C(C)=O. The molecule has 0 aliphatic heterocycles. The Kier molecular flexibility index (Phi) is 5.10. The number of aliphatic hydroxyl groups is 2. The van der Waals surface area contributed by atoms with E-state index in [1.807, 2.05) is 0 Å². The predicted molar refractivity (Wildman–Crippen MR) is 49.0 cm³/mol. The van der Waals surface area contributed by atoms with Crippen molar-refractivity contribution in [3.8, 4) is 0 Å². The van der Waals surface area contributed by atoms with Crippen LogP contribution in [0.5, 0.6) is 0 Å². The van der Waals surface area contributed by atoms with Crippen molar-refractivity contribution >= 4 is 18.0 Å². The standard InChI is InChI=1S/C9H14O6/c1-6(12)9(14,3-4-10)8(5-11)15-7(2)13/h4,8,11,14H,3,5H2,1-2H3/t8-,9-/m1/s1. The summed E-state index contributed by atoms with van der Waals surface area (Å²) in [5.41, 5.74) is -2.15. The summed E-state index contributed by atoms with van der Waals surface area (Å²) in [5, 5.41) is 18.7. The quantitative estimate of drug-likeness (QED) is 0.430. The zero-order valence-corrected chi connectivity index (χ0v) is 8.60. The maximum absolute atomic E-state index is 11.1. The first kappa shape index (κ1) is 13.7. The van der Waals surface area contributed by atoms with Gasteiger partial charge in [-0.3, -0.25) is 9.59 Å². The third-order valence-corrected chi connectivity index (χ3v) is 2.01. The molecule has 0 aliphatic rings. The first-order valence-electron chi connectivity index (χ1n) is 4.33. The Bertz CT molecular complexity index is 261. The van der Waals surface area contributed by atoms with Crippen LogP contribution < -0.4 is 0 Å². The largest absolute Gasteiger partial charge is 0.457 e. The normalized spacial score (nSPS) is 16.3. The average molecular weight is 218 g/mol. The lowest BCUT2D eigenvalue weighted by atomic mass is 9.89. The molecule has 2 atom stereocenters. The fourth-order valence-electron chi connectivity index (χ4n) is 1.12. The van der Waals surface area contributed by atoms with E-state index in [1.54, 1.807) is 0 Å². The van der Waals surface area contributed by atoms with E-state index in [2.05, 4.69) is 4.74 Å². The number of aldehydes is 1. The van der Waals surface area contributed by atoms with E-state index >= 15 is 0 Å². The van der Waals surface area contributed by atoms with Crippen LogP contribution in [-0.2, 0) is 19.1 Å². The lowest BCUT2D eigenvalue weighted by Crippen LogP contribution is -2.52. The number of ketones is 1. The topological polar surface area (TPSA) is 101 Å². The van der Waals surface area contributed by atoms with Crippen LogP contribution >= 0.6 is 0 Å². The second-order valence-corrected chi connectivity index (χ2v) is 3.13. The van der Waals surface area contributed by atoms with Gasteiger partial charge in [-0.1, -0.05) is 0 Å². The summed E-state index contributed by atoms with van der Waals surface area (Å²) in [7, 11) is 0. The van der Waals surface area contributed by atoms with E-state index in [1.165, 1.54) is 0 Å². The number of Topliss-reactive ketones (excluding diaryl/α,β-unsaturated/α-hetero) is 1. The second kappa shape index (κ2) is 5.57. The fraction of sp³-hybridized carbons (Fsp3) is 0.667. The van der Waals surface area contributed by atoms with Crippen molar-refractivity contribution in [3.05, 3.63) is 0 Å². The summed E-state index contributed by atoms with van der Waals surface area (Å²) in [6.45, 7) is 1.39. The Hall–Kier alpha value is -1.27. The molecule has 0 radical (unpaired) electrons. The van der Waals surface area contributed by atoms with Crippen LogP contribution in [0.4, 0.5) is 0 Å². The molecule has 6 heteroatoms. The van der Waals surface area contributed by atoms with Gasteiger partial charge in [0.15, 0.2) is 17.5 Å². The summed E-state index contributed by atoms with van der Waals surface area (Å²) in [6, 6.07) is 0. The number of ether oxygens (including phenoxy) is 1. The molecule has 86 valence electrons. The zero-order valence-electron chi connectivity index (χ0n) is 8.60. The van der Waals surface area contributed by atoms with Crippen LogP contribution in [0.3, 0.4) is 0 Å². The van der Waals surface area contributed by atoms with E-state index in [0.717, 1.165) is 13.8 Å². The molecule has 2 N–H and O–H groups in total. The summed E-state index contributed by atoms with van der Waals surface area (Å²) in [5.74, 6) is -1.49. The summed E-state index contributed by atoms with van der Waals surface area (Å²) >= 11 is 0. The Labute approximate surface area is 86.8 Å². The third-order valence-electron chi connectivity index (χ3n) is 2.01. The molecule has 0 saturated heterocycles. The maximum Gasteiger partial charge on any atom is 0.303 e. The highest BCUT2D eigenvalue weighted by atomic mass is 16.6. The van der Waals surface area contributed by atoms with Crippen molar-refractivity contribution in [2.75, 3.05) is 6.61 Å². The second-order valence-electron chi connectivity index (χ2n) is 3.13. The van der Waals surface area contributed by atoms with Gasteiger partial charge < -0.3 is 19.7 Å². The van der Waals surface area contributed by atoms with Crippen molar-refractivity contribution in [1.29, 1.82) is 0 Å². The van der Waals surface area contributed by atoms with E-state index < -0.39 is 36.5 Å². The molecule has 0 bridgehead atoms. The Morgan fingerprint density at radius 1 is 1.47 bits per heavy atom. The number of hydrogen-bond acceptors (Lipinski definition) is 6. The Morgan fingerprint density at radius 3 is 2.27 bits per heavy atom. The molecule has 6 nitrogen and oxygen atoms in total. The number of esters is 1. The van der Waals surface area contributed by atoms with E-state index in [9.17, 15) is 19.5 Å². The molecule has 0 aromatic carbocycles. The number of aliphatic hydroxyl groups excluding tert-OH is 1. The predicted octanol–water partition coefficient (Wildman–Crippen LogP) is -1.18. The van der Waals surface area contributed by atoms with Crippen LogP contribution in [0.25, 0.3) is 0 Å². The van der Waals surface area contributed by atoms with Gasteiger partial charge in [-0.05, 0) is 6.92 Å². The highest BCUT2D eigenvalue weighted by molar-refractivity contribution is 5.88. The molecule has 0 aliphatic carbocycles. The van der Waals surface area contributed by atoms with Crippen LogP contribution in [-0.4, -0.2) is 46.6 Å². The Balaban J connectivity index is 4.92. The lowest BCUT2D eigenvalue weighted by molar-refractivity contribution is -0.175. The van der Waals surface area contributed by atoms with Gasteiger partial charge in [0.2, 0.25) is 0 Å². The minimum atomic E-state index is -2.15. The van der Waals surface area contributed by atoms with Crippen molar-refractivity contribution < 1.29 is 29.3 Å². The van der Waals surface area contributed by atoms with E-state index in [-0.39, 0.29) is 0 Å². The fourth-order valence-corrected chi connectivity index (χ4v) is 1.12. The van der Waals surface area contributed by atoms with Crippen LogP contribution in [0, 0.1) is 0 Å². The van der Waals surface area contributed by atoms with Crippen molar-refractivity contribution in [2.45, 2.75) is 32.0 Å². The minimum absolute atomic E-state index is 0.327. The molecule has 0 unspecified atom stereocenters. The van der Waals surface area contributed by atoms with Crippen LogP contribution in [0.1, 0.15) is 20.3 Å². The molecule has 15 heavy (non-hydrogen) atoms. The van der Waals surface area contributed by atoms with Gasteiger partial charge >= 0.3 is 5.97 Å². The highest BCUT2D eigenvalue weighted by Crippen LogP contribution is 2.19. The van der Waals surface area contributed by atoms with Crippen LogP contribution in [0.2, 0.25) is 0 Å². The molecule has 0 rings (SSSR count). The highest BCUT2D eigenvalue weighted by Gasteiger charge is 2.43. The molecule has 0 spiro atoms. The molecule has 0 aromatic heterocycles. The minimum Gasteiger partial charge on any atom is -0.457 e. The number of carbonyl (C=O) groups excluding carboxylic acids is 3. The molecule has 0 saturated carbocycles. The first-order valence-corrected chi connectivity index (χ1v) is 4.33. The molecular formula is C9H14O6. The summed E-state index contributed by atoms with van der Waals surface area (Å²) in [4.78, 5) is 32.1. The van der Waals surface area contributed by atoms with E-state index in [4.69, 9.17) is 5.11 Å². The van der Waals surface area contributed by atoms with Gasteiger partial charge in [0, 0.05) is 13.3 Å². The van der Waals surface area contributed by atoms with Gasteiger partial charge in [0.05, 0.1) is 6.61 Å². The van der Waals surface area contributed by atoms with Gasteiger partial charge in [0.1, 0.15) is 6.29 Å². The van der Waals surface area contributed by atoms with Crippen molar-refractivity contribution in [3.63, 3.8) is 0 Å². The maximum atomic E-state index is 11.1. The number of rotatable bonds is 6. The Morgan fingerprint density at radius 2 is 2.00 bits per heavy atom. The average Bonchev–Trinajstić information content (AvgIpc) is 2.13. The van der Waals surface area contributed by atoms with Gasteiger partial charge in [0.25, 0.3) is 0 Å². The number of hydrogen-bond donors (Lipinski definition) is 2. The third kappa shape index (κ3) is 3.41.